The number of nitrogens with zero attached hydrogens (tertiary/aromatic N) is 4. The summed E-state index contributed by atoms with van der Waals surface area (Å²) in [6.07, 6.45) is 0. The number of rotatable bonds is 8. The summed E-state index contributed by atoms with van der Waals surface area (Å²) < 4.78 is 5.40. The molecule has 1 atom stereocenters. The molecule has 2 aliphatic heterocycles. The van der Waals surface area contributed by atoms with E-state index in [4.69, 9.17) is 9.73 Å². The summed E-state index contributed by atoms with van der Waals surface area (Å²) in [5.41, 5.74) is 0. The zero-order valence-electron chi connectivity index (χ0n) is 16.5. The lowest BCUT2D eigenvalue weighted by molar-refractivity contribution is 0.0389. The molecule has 0 aliphatic carbocycles. The van der Waals surface area contributed by atoms with Crippen molar-refractivity contribution in [2.45, 2.75) is 26.8 Å². The Balaban J connectivity index is 1.70. The Labute approximate surface area is 153 Å². The summed E-state index contributed by atoms with van der Waals surface area (Å²) in [5.74, 6) is 0.940. The van der Waals surface area contributed by atoms with Gasteiger partial charge in [-0.05, 0) is 20.4 Å². The van der Waals surface area contributed by atoms with E-state index in [1.807, 2.05) is 0 Å². The molecule has 0 aromatic heterocycles. The number of aliphatic imine (C=N–C) groups is 1. The highest BCUT2D eigenvalue weighted by Crippen LogP contribution is 2.06. The van der Waals surface area contributed by atoms with Crippen molar-refractivity contribution >= 4 is 5.96 Å². The van der Waals surface area contributed by atoms with E-state index in [1.54, 1.807) is 0 Å². The second-order valence-corrected chi connectivity index (χ2v) is 6.92. The van der Waals surface area contributed by atoms with E-state index >= 15 is 0 Å². The first kappa shape index (κ1) is 20.4. The van der Waals surface area contributed by atoms with Crippen LogP contribution in [-0.4, -0.2) is 112 Å². The highest BCUT2D eigenvalue weighted by atomic mass is 16.5. The molecule has 0 bridgehead atoms. The predicted molar refractivity (Wildman–Crippen MR) is 104 cm³/mol. The monoisotopic (exact) mass is 354 g/mol. The third-order valence-electron chi connectivity index (χ3n) is 5.16. The van der Waals surface area contributed by atoms with Crippen LogP contribution in [0.2, 0.25) is 0 Å². The highest BCUT2D eigenvalue weighted by Gasteiger charge is 2.19. The van der Waals surface area contributed by atoms with Gasteiger partial charge in [-0.25, -0.2) is 0 Å². The second-order valence-electron chi connectivity index (χ2n) is 6.92. The van der Waals surface area contributed by atoms with E-state index in [2.05, 4.69) is 46.1 Å². The standard InChI is InChI=1S/C18H38N6O/c1-4-19-18(20-6-7-23-12-14-25-15-13-23)21-16-17(3)24-10-8-22(5-2)9-11-24/h17H,4-16H2,1-3H3,(H2,19,20,21). The molecule has 0 saturated carbocycles. The van der Waals surface area contributed by atoms with Crippen LogP contribution in [0.15, 0.2) is 4.99 Å². The topological polar surface area (TPSA) is 55.4 Å². The first-order chi connectivity index (χ1) is 12.2. The maximum atomic E-state index is 5.40. The van der Waals surface area contributed by atoms with Gasteiger partial charge in [0.25, 0.3) is 0 Å². The van der Waals surface area contributed by atoms with Crippen LogP contribution in [0, 0.1) is 0 Å². The molecule has 2 rings (SSSR count). The Kier molecular flexibility index (Phi) is 9.54. The quantitative estimate of drug-likeness (QED) is 0.469. The van der Waals surface area contributed by atoms with Gasteiger partial charge in [0, 0.05) is 64.9 Å². The summed E-state index contributed by atoms with van der Waals surface area (Å²) in [6.45, 7) is 20.0. The van der Waals surface area contributed by atoms with Crippen LogP contribution in [0.4, 0.5) is 0 Å². The van der Waals surface area contributed by atoms with E-state index in [1.165, 1.54) is 13.1 Å². The summed E-state index contributed by atoms with van der Waals surface area (Å²) >= 11 is 0. The number of morpholine rings is 1. The Hall–Kier alpha value is -0.890. The Morgan fingerprint density at radius 3 is 2.36 bits per heavy atom. The molecule has 7 heteroatoms. The molecule has 0 radical (unpaired) electrons. The van der Waals surface area contributed by atoms with Gasteiger partial charge in [0.15, 0.2) is 5.96 Å². The summed E-state index contributed by atoms with van der Waals surface area (Å²) in [5, 5.41) is 6.84. The van der Waals surface area contributed by atoms with Crippen molar-refractivity contribution in [1.29, 1.82) is 0 Å². The molecule has 2 fully saturated rings. The minimum Gasteiger partial charge on any atom is -0.379 e. The van der Waals surface area contributed by atoms with Crippen molar-refractivity contribution in [3.8, 4) is 0 Å². The van der Waals surface area contributed by atoms with Crippen LogP contribution in [-0.2, 0) is 4.74 Å². The molecular weight excluding hydrogens is 316 g/mol. The Morgan fingerprint density at radius 1 is 1.00 bits per heavy atom. The molecule has 2 heterocycles. The molecule has 0 spiro atoms. The molecule has 7 nitrogen and oxygen atoms in total. The summed E-state index contributed by atoms with van der Waals surface area (Å²) in [6, 6.07) is 0.494. The van der Waals surface area contributed by atoms with Crippen molar-refractivity contribution in [2.24, 2.45) is 4.99 Å². The van der Waals surface area contributed by atoms with E-state index in [9.17, 15) is 0 Å². The lowest BCUT2D eigenvalue weighted by Crippen LogP contribution is -2.50. The first-order valence-electron chi connectivity index (χ1n) is 10.0. The molecule has 0 amide bonds. The van der Waals surface area contributed by atoms with Crippen LogP contribution in [0.1, 0.15) is 20.8 Å². The Morgan fingerprint density at radius 2 is 1.72 bits per heavy atom. The smallest absolute Gasteiger partial charge is 0.191 e. The lowest BCUT2D eigenvalue weighted by Gasteiger charge is -2.37. The molecule has 1 unspecified atom stereocenters. The maximum absolute atomic E-state index is 5.40. The van der Waals surface area contributed by atoms with Crippen LogP contribution >= 0.6 is 0 Å². The largest absolute Gasteiger partial charge is 0.379 e. The molecule has 25 heavy (non-hydrogen) atoms. The number of hydrogen-bond donors (Lipinski definition) is 2. The van der Waals surface area contributed by atoms with Crippen LogP contribution in [0.5, 0.6) is 0 Å². The maximum Gasteiger partial charge on any atom is 0.191 e. The minimum absolute atomic E-state index is 0.494. The van der Waals surface area contributed by atoms with Crippen LogP contribution in [0.25, 0.3) is 0 Å². The van der Waals surface area contributed by atoms with Gasteiger partial charge in [0.1, 0.15) is 0 Å². The zero-order chi connectivity index (χ0) is 17.9. The van der Waals surface area contributed by atoms with Gasteiger partial charge in [0.2, 0.25) is 0 Å². The predicted octanol–water partition coefficient (Wildman–Crippen LogP) is -0.100. The number of ether oxygens (including phenoxy) is 1. The average Bonchev–Trinajstić information content (AvgIpc) is 2.66. The van der Waals surface area contributed by atoms with E-state index in [-0.39, 0.29) is 0 Å². The van der Waals surface area contributed by atoms with E-state index in [0.29, 0.717) is 6.04 Å². The van der Waals surface area contributed by atoms with Gasteiger partial charge >= 0.3 is 0 Å². The average molecular weight is 355 g/mol. The second kappa shape index (κ2) is 11.7. The Bertz CT molecular complexity index is 378. The van der Waals surface area contributed by atoms with E-state index < -0.39 is 0 Å². The molecule has 2 aliphatic rings. The summed E-state index contributed by atoms with van der Waals surface area (Å²) in [7, 11) is 0. The van der Waals surface area contributed by atoms with E-state index in [0.717, 1.165) is 78.1 Å². The number of piperazine rings is 1. The van der Waals surface area contributed by atoms with Crippen molar-refractivity contribution in [1.82, 2.24) is 25.3 Å². The fourth-order valence-corrected chi connectivity index (χ4v) is 3.36. The highest BCUT2D eigenvalue weighted by molar-refractivity contribution is 5.79. The fraction of sp³-hybridized carbons (Fsp3) is 0.944. The lowest BCUT2D eigenvalue weighted by atomic mass is 10.2. The van der Waals surface area contributed by atoms with Crippen LogP contribution in [0.3, 0.4) is 0 Å². The third kappa shape index (κ3) is 7.48. The number of guanidine groups is 1. The summed E-state index contributed by atoms with van der Waals surface area (Å²) in [4.78, 5) is 12.3. The number of nitrogens with one attached hydrogen (secondary N) is 2. The number of likely N-dealkylation sites (N-methyl/N-ethyl adjacent to an activating group) is 1. The third-order valence-corrected chi connectivity index (χ3v) is 5.16. The molecule has 2 saturated heterocycles. The van der Waals surface area contributed by atoms with Gasteiger partial charge < -0.3 is 20.3 Å². The van der Waals surface area contributed by atoms with Crippen molar-refractivity contribution in [3.63, 3.8) is 0 Å². The van der Waals surface area contributed by atoms with Crippen LogP contribution < -0.4 is 10.6 Å². The molecular formula is C18H38N6O. The number of hydrogen-bond acceptors (Lipinski definition) is 5. The van der Waals surface area contributed by atoms with Crippen molar-refractivity contribution < 1.29 is 4.74 Å². The normalized spacial score (nSPS) is 22.8. The minimum atomic E-state index is 0.494. The molecule has 0 aromatic rings. The zero-order valence-corrected chi connectivity index (χ0v) is 16.5. The fourth-order valence-electron chi connectivity index (χ4n) is 3.36. The van der Waals surface area contributed by atoms with Gasteiger partial charge in [-0.3, -0.25) is 14.8 Å². The van der Waals surface area contributed by atoms with Gasteiger partial charge in [-0.1, -0.05) is 6.92 Å². The molecule has 0 aromatic carbocycles. The van der Waals surface area contributed by atoms with Gasteiger partial charge in [0.05, 0.1) is 19.8 Å². The SMILES string of the molecule is CCNC(=NCC(C)N1CCN(CC)CC1)NCCN1CCOCC1. The molecule has 2 N–H and O–H groups in total. The molecule has 146 valence electrons. The van der Waals surface area contributed by atoms with Crippen molar-refractivity contribution in [2.75, 3.05) is 85.2 Å². The first-order valence-corrected chi connectivity index (χ1v) is 10.0. The van der Waals surface area contributed by atoms with Crippen molar-refractivity contribution in [3.05, 3.63) is 0 Å². The van der Waals surface area contributed by atoms with Gasteiger partial charge in [-0.15, -0.1) is 0 Å². The van der Waals surface area contributed by atoms with Gasteiger partial charge in [-0.2, -0.15) is 0 Å².